The number of rotatable bonds is 5. The van der Waals surface area contributed by atoms with E-state index in [0.29, 0.717) is 5.56 Å². The number of nitrogens with zero attached hydrogens (tertiary/aromatic N) is 1. The van der Waals surface area contributed by atoms with E-state index in [9.17, 15) is 19.1 Å². The number of nitrogens with one attached hydrogen (secondary N) is 1. The van der Waals surface area contributed by atoms with Crippen molar-refractivity contribution in [3.05, 3.63) is 47.8 Å². The molecule has 1 aliphatic rings. The van der Waals surface area contributed by atoms with Crippen molar-refractivity contribution in [2.45, 2.75) is 24.7 Å². The molecular weight excluding hydrogens is 315 g/mol. The van der Waals surface area contributed by atoms with Crippen LogP contribution in [0.2, 0.25) is 0 Å². The summed E-state index contributed by atoms with van der Waals surface area (Å²) >= 11 is 0. The van der Waals surface area contributed by atoms with Gasteiger partial charge in [0.05, 0.1) is 25.2 Å². The van der Waals surface area contributed by atoms with Crippen LogP contribution in [-0.2, 0) is 9.53 Å². The summed E-state index contributed by atoms with van der Waals surface area (Å²) in [6.45, 7) is -0.300. The molecule has 3 atom stereocenters. The van der Waals surface area contributed by atoms with Gasteiger partial charge in [0.25, 0.3) is 5.91 Å². The van der Waals surface area contributed by atoms with E-state index in [0.717, 1.165) is 0 Å². The second-order valence-electron chi connectivity index (χ2n) is 5.78. The maximum absolute atomic E-state index is 12.9. The maximum atomic E-state index is 12.9. The van der Waals surface area contributed by atoms with E-state index in [4.69, 9.17) is 4.74 Å². The van der Waals surface area contributed by atoms with Gasteiger partial charge in [-0.25, -0.2) is 4.39 Å². The van der Waals surface area contributed by atoms with Gasteiger partial charge < -0.3 is 20.1 Å². The third-order valence-electron chi connectivity index (χ3n) is 3.74. The van der Waals surface area contributed by atoms with E-state index >= 15 is 0 Å². The van der Waals surface area contributed by atoms with Crippen LogP contribution in [0.5, 0.6) is 0 Å². The van der Waals surface area contributed by atoms with E-state index in [1.807, 2.05) is 0 Å². The molecule has 0 fully saturated rings. The molecule has 6 nitrogen and oxygen atoms in total. The van der Waals surface area contributed by atoms with Crippen molar-refractivity contribution in [2.75, 3.05) is 20.7 Å². The van der Waals surface area contributed by atoms with Crippen molar-refractivity contribution in [1.82, 2.24) is 10.2 Å². The second kappa shape index (κ2) is 8.03. The van der Waals surface area contributed by atoms with Crippen molar-refractivity contribution in [1.29, 1.82) is 0 Å². The summed E-state index contributed by atoms with van der Waals surface area (Å²) in [6.07, 6.45) is 2.47. The van der Waals surface area contributed by atoms with Crippen LogP contribution in [0.1, 0.15) is 16.8 Å². The second-order valence-corrected chi connectivity index (χ2v) is 5.78. The molecule has 1 aliphatic heterocycles. The number of carbonyl (C=O) groups excluding carboxylic acids is 2. The van der Waals surface area contributed by atoms with Gasteiger partial charge in [0, 0.05) is 19.7 Å². The Morgan fingerprint density at radius 3 is 2.50 bits per heavy atom. The maximum Gasteiger partial charge on any atom is 0.251 e. The smallest absolute Gasteiger partial charge is 0.251 e. The Bertz CT molecular complexity index is 616. The van der Waals surface area contributed by atoms with Crippen LogP contribution in [-0.4, -0.2) is 60.8 Å². The predicted molar refractivity (Wildman–Crippen MR) is 85.9 cm³/mol. The van der Waals surface area contributed by atoms with Crippen molar-refractivity contribution < 1.29 is 23.8 Å². The fourth-order valence-electron chi connectivity index (χ4n) is 2.33. The standard InChI is InChI=1S/C17H21FN2O4/c1-20(2)16(22)9-13-7-8-14(15(10-21)24-13)19-17(23)11-3-5-12(18)6-4-11/h3-8,13-15,21H,9-10H2,1-2H3,(H,19,23)/t13-,14-,15+/m1/s1. The van der Waals surface area contributed by atoms with E-state index < -0.39 is 30.0 Å². The quantitative estimate of drug-likeness (QED) is 0.777. The highest BCUT2D eigenvalue weighted by Crippen LogP contribution is 2.17. The molecule has 0 saturated carbocycles. The minimum Gasteiger partial charge on any atom is -0.394 e. The Kier molecular flexibility index (Phi) is 6.05. The van der Waals surface area contributed by atoms with E-state index in [2.05, 4.69) is 5.32 Å². The SMILES string of the molecule is CN(C)C(=O)C[C@H]1C=C[C@@H](NC(=O)c2ccc(F)cc2)[C@H](CO)O1. The number of halogens is 1. The van der Waals surface area contributed by atoms with Crippen LogP contribution >= 0.6 is 0 Å². The van der Waals surface area contributed by atoms with Crippen LogP contribution in [0, 0.1) is 5.82 Å². The molecule has 0 saturated heterocycles. The average molecular weight is 336 g/mol. The summed E-state index contributed by atoms with van der Waals surface area (Å²) in [5.41, 5.74) is 0.311. The molecule has 2 amide bonds. The van der Waals surface area contributed by atoms with Crippen molar-refractivity contribution in [2.24, 2.45) is 0 Å². The first-order valence-electron chi connectivity index (χ1n) is 7.62. The molecule has 0 aromatic heterocycles. The topological polar surface area (TPSA) is 78.9 Å². The molecule has 130 valence electrons. The number of benzene rings is 1. The largest absolute Gasteiger partial charge is 0.394 e. The van der Waals surface area contributed by atoms with Crippen LogP contribution in [0.4, 0.5) is 4.39 Å². The zero-order chi connectivity index (χ0) is 17.7. The van der Waals surface area contributed by atoms with Gasteiger partial charge in [-0.2, -0.15) is 0 Å². The Balaban J connectivity index is 2.01. The summed E-state index contributed by atoms with van der Waals surface area (Å²) < 4.78 is 18.6. The lowest BCUT2D eigenvalue weighted by molar-refractivity contribution is -0.132. The molecule has 24 heavy (non-hydrogen) atoms. The first-order valence-corrected chi connectivity index (χ1v) is 7.62. The summed E-state index contributed by atoms with van der Waals surface area (Å²) in [7, 11) is 3.31. The van der Waals surface area contributed by atoms with Crippen LogP contribution in [0.3, 0.4) is 0 Å². The lowest BCUT2D eigenvalue weighted by Crippen LogP contribution is -2.49. The normalized spacial score (nSPS) is 22.9. The van der Waals surface area contributed by atoms with Gasteiger partial charge in [0.1, 0.15) is 11.9 Å². The lowest BCUT2D eigenvalue weighted by Gasteiger charge is -2.32. The van der Waals surface area contributed by atoms with E-state index in [-0.39, 0.29) is 18.9 Å². The van der Waals surface area contributed by atoms with Crippen molar-refractivity contribution >= 4 is 11.8 Å². The zero-order valence-electron chi connectivity index (χ0n) is 13.6. The predicted octanol–water partition coefficient (Wildman–Crippen LogP) is 0.718. The van der Waals surface area contributed by atoms with Crippen molar-refractivity contribution in [3.63, 3.8) is 0 Å². The first kappa shape index (κ1) is 18.1. The molecule has 7 heteroatoms. The van der Waals surface area contributed by atoms with E-state index in [1.54, 1.807) is 26.2 Å². The van der Waals surface area contributed by atoms with Crippen LogP contribution in [0.15, 0.2) is 36.4 Å². The fraction of sp³-hybridized carbons (Fsp3) is 0.412. The Morgan fingerprint density at radius 1 is 1.25 bits per heavy atom. The molecule has 1 heterocycles. The number of aliphatic hydroxyl groups excluding tert-OH is 1. The lowest BCUT2D eigenvalue weighted by atomic mass is 10.0. The third kappa shape index (κ3) is 4.62. The number of aliphatic hydroxyl groups is 1. The van der Waals surface area contributed by atoms with Gasteiger partial charge in [0.15, 0.2) is 0 Å². The number of hydrogen-bond acceptors (Lipinski definition) is 4. The number of hydrogen-bond donors (Lipinski definition) is 2. The van der Waals surface area contributed by atoms with Gasteiger partial charge in [-0.15, -0.1) is 0 Å². The summed E-state index contributed by atoms with van der Waals surface area (Å²) in [5.74, 6) is -0.904. The molecule has 1 aromatic rings. The molecule has 0 spiro atoms. The Morgan fingerprint density at radius 2 is 1.92 bits per heavy atom. The van der Waals surface area contributed by atoms with Gasteiger partial charge >= 0.3 is 0 Å². The van der Waals surface area contributed by atoms with Gasteiger partial charge in [-0.1, -0.05) is 12.2 Å². The monoisotopic (exact) mass is 336 g/mol. The summed E-state index contributed by atoms with van der Waals surface area (Å²) in [6, 6.07) is 4.64. The van der Waals surface area contributed by atoms with Gasteiger partial charge in [0.2, 0.25) is 5.91 Å². The summed E-state index contributed by atoms with van der Waals surface area (Å²) in [5, 5.41) is 12.2. The molecule has 0 bridgehead atoms. The van der Waals surface area contributed by atoms with Gasteiger partial charge in [-0.05, 0) is 24.3 Å². The number of amides is 2. The molecule has 0 unspecified atom stereocenters. The van der Waals surface area contributed by atoms with Gasteiger partial charge in [-0.3, -0.25) is 9.59 Å². The number of carbonyl (C=O) groups is 2. The highest BCUT2D eigenvalue weighted by atomic mass is 19.1. The van der Waals surface area contributed by atoms with Crippen LogP contribution < -0.4 is 5.32 Å². The molecule has 1 aromatic carbocycles. The molecule has 0 radical (unpaired) electrons. The zero-order valence-corrected chi connectivity index (χ0v) is 13.6. The first-order chi connectivity index (χ1) is 11.4. The van der Waals surface area contributed by atoms with Crippen molar-refractivity contribution in [3.8, 4) is 0 Å². The Hall–Kier alpha value is -2.25. The average Bonchev–Trinajstić information content (AvgIpc) is 2.56. The summed E-state index contributed by atoms with van der Waals surface area (Å²) in [4.78, 5) is 25.4. The highest BCUT2D eigenvalue weighted by Gasteiger charge is 2.29. The minimum atomic E-state index is -0.653. The highest BCUT2D eigenvalue weighted by molar-refractivity contribution is 5.94. The molecule has 2 N–H and O–H groups in total. The van der Waals surface area contributed by atoms with E-state index in [1.165, 1.54) is 29.2 Å². The Labute approximate surface area is 139 Å². The molecule has 2 rings (SSSR count). The minimum absolute atomic E-state index is 0.0878. The number of ether oxygens (including phenoxy) is 1. The molecular formula is C17H21FN2O4. The molecule has 0 aliphatic carbocycles. The fourth-order valence-corrected chi connectivity index (χ4v) is 2.33. The van der Waals surface area contributed by atoms with Crippen LogP contribution in [0.25, 0.3) is 0 Å². The third-order valence-corrected chi connectivity index (χ3v) is 3.74.